The Morgan fingerprint density at radius 2 is 2.29 bits per heavy atom. The fourth-order valence-corrected chi connectivity index (χ4v) is 2.42. The van der Waals surface area contributed by atoms with Gasteiger partial charge in [0.2, 0.25) is 0 Å². The van der Waals surface area contributed by atoms with Gasteiger partial charge in [0.25, 0.3) is 0 Å². The molecule has 0 aliphatic carbocycles. The minimum atomic E-state index is -1.01. The van der Waals surface area contributed by atoms with Crippen LogP contribution in [0, 0.1) is 9.39 Å². The summed E-state index contributed by atoms with van der Waals surface area (Å²) in [5.74, 6) is -1.32. The monoisotopic (exact) mass is 364 g/mol. The van der Waals surface area contributed by atoms with Crippen LogP contribution in [0.4, 0.5) is 15.2 Å². The number of rotatable bonds is 3. The number of carboxylic acid groups (broad SMARTS) is 1. The molecule has 0 saturated heterocycles. The molecule has 0 spiro atoms. The molecule has 1 heterocycles. The highest BCUT2D eigenvalue weighted by molar-refractivity contribution is 14.1. The van der Waals surface area contributed by atoms with Crippen molar-refractivity contribution in [3.8, 4) is 0 Å². The van der Waals surface area contributed by atoms with E-state index < -0.39 is 5.97 Å². The Bertz CT molecular complexity index is 573. The Kier molecular flexibility index (Phi) is 3.57. The van der Waals surface area contributed by atoms with Crippen molar-refractivity contribution in [1.82, 2.24) is 4.98 Å². The maximum atomic E-state index is 12.9. The zero-order valence-corrected chi connectivity index (χ0v) is 11.3. The molecule has 1 aromatic carbocycles. The van der Waals surface area contributed by atoms with Gasteiger partial charge in [-0.2, -0.15) is 0 Å². The van der Waals surface area contributed by atoms with E-state index in [4.69, 9.17) is 5.11 Å². The predicted octanol–water partition coefficient (Wildman–Crippen LogP) is 3.33. The third-order valence-corrected chi connectivity index (χ3v) is 3.68. The molecular formula is C10H6FIN2O2S. The van der Waals surface area contributed by atoms with E-state index in [1.807, 2.05) is 22.6 Å². The van der Waals surface area contributed by atoms with Crippen LogP contribution in [0.3, 0.4) is 0 Å². The molecule has 0 aliphatic heterocycles. The number of aromatic nitrogens is 1. The minimum absolute atomic E-state index is 0.157. The van der Waals surface area contributed by atoms with E-state index in [9.17, 15) is 9.18 Å². The van der Waals surface area contributed by atoms with E-state index in [1.165, 1.54) is 18.3 Å². The van der Waals surface area contributed by atoms with E-state index in [0.717, 1.165) is 11.3 Å². The Balaban J connectivity index is 2.22. The summed E-state index contributed by atoms with van der Waals surface area (Å²) in [7, 11) is 0. The van der Waals surface area contributed by atoms with Gasteiger partial charge in [-0.15, -0.1) is 0 Å². The molecule has 0 unspecified atom stereocenters. The predicted molar refractivity (Wildman–Crippen MR) is 71.5 cm³/mol. The number of benzene rings is 1. The maximum absolute atomic E-state index is 12.9. The molecule has 0 saturated carbocycles. The first-order chi connectivity index (χ1) is 8.06. The molecule has 0 radical (unpaired) electrons. The zero-order chi connectivity index (χ0) is 12.4. The van der Waals surface area contributed by atoms with Gasteiger partial charge >= 0.3 is 5.97 Å². The van der Waals surface area contributed by atoms with Crippen molar-refractivity contribution in [2.24, 2.45) is 0 Å². The SMILES string of the molecule is O=C(O)c1cnc(Nc2ccc(F)cc2I)s1. The van der Waals surface area contributed by atoms with Gasteiger partial charge in [0.15, 0.2) is 5.13 Å². The number of carbonyl (C=O) groups is 1. The van der Waals surface area contributed by atoms with Crippen molar-refractivity contribution in [1.29, 1.82) is 0 Å². The summed E-state index contributed by atoms with van der Waals surface area (Å²) in [5.41, 5.74) is 0.693. The highest BCUT2D eigenvalue weighted by Gasteiger charge is 2.09. The van der Waals surface area contributed by atoms with E-state index >= 15 is 0 Å². The van der Waals surface area contributed by atoms with Crippen molar-refractivity contribution >= 4 is 50.7 Å². The second-order valence-corrected chi connectivity index (χ2v) is 5.28. The summed E-state index contributed by atoms with van der Waals surface area (Å²) in [6.45, 7) is 0. The number of nitrogens with one attached hydrogen (secondary N) is 1. The molecular weight excluding hydrogens is 358 g/mol. The molecule has 1 aromatic heterocycles. The maximum Gasteiger partial charge on any atom is 0.347 e. The Hall–Kier alpha value is -1.22. The number of carboxylic acids is 1. The first-order valence-corrected chi connectivity index (χ1v) is 6.37. The average Bonchev–Trinajstić information content (AvgIpc) is 2.71. The number of halogens is 2. The lowest BCUT2D eigenvalue weighted by molar-refractivity contribution is 0.0702. The molecule has 4 nitrogen and oxygen atoms in total. The molecule has 17 heavy (non-hydrogen) atoms. The normalized spacial score (nSPS) is 10.2. The van der Waals surface area contributed by atoms with Crippen LogP contribution < -0.4 is 5.32 Å². The highest BCUT2D eigenvalue weighted by Crippen LogP contribution is 2.26. The fourth-order valence-electron chi connectivity index (χ4n) is 1.14. The van der Waals surface area contributed by atoms with Crippen LogP contribution in [0.1, 0.15) is 9.67 Å². The number of anilines is 2. The summed E-state index contributed by atoms with van der Waals surface area (Å²) >= 11 is 3.02. The van der Waals surface area contributed by atoms with Crippen LogP contribution >= 0.6 is 33.9 Å². The van der Waals surface area contributed by atoms with Crippen molar-refractivity contribution < 1.29 is 14.3 Å². The number of hydrogen-bond donors (Lipinski definition) is 2. The Morgan fingerprint density at radius 1 is 1.53 bits per heavy atom. The van der Waals surface area contributed by atoms with Crippen LogP contribution in [-0.4, -0.2) is 16.1 Å². The van der Waals surface area contributed by atoms with Gasteiger partial charge in [0.05, 0.1) is 11.9 Å². The van der Waals surface area contributed by atoms with Crippen LogP contribution in [0.25, 0.3) is 0 Å². The summed E-state index contributed by atoms with van der Waals surface area (Å²) in [6.07, 6.45) is 1.28. The molecule has 7 heteroatoms. The third kappa shape index (κ3) is 2.91. The van der Waals surface area contributed by atoms with Gasteiger partial charge < -0.3 is 10.4 Å². The first kappa shape index (κ1) is 12.2. The summed E-state index contributed by atoms with van der Waals surface area (Å²) in [6, 6.07) is 4.30. The third-order valence-electron chi connectivity index (χ3n) is 1.89. The number of hydrogen-bond acceptors (Lipinski definition) is 4. The molecule has 0 atom stereocenters. The summed E-state index contributed by atoms with van der Waals surface area (Å²) in [4.78, 5) is 14.8. The smallest absolute Gasteiger partial charge is 0.347 e. The lowest BCUT2D eigenvalue weighted by Crippen LogP contribution is -1.92. The van der Waals surface area contributed by atoms with Gasteiger partial charge in [-0.05, 0) is 40.8 Å². The quantitative estimate of drug-likeness (QED) is 0.821. The molecule has 0 aliphatic rings. The molecule has 0 amide bonds. The molecule has 2 N–H and O–H groups in total. The van der Waals surface area contributed by atoms with Gasteiger partial charge in [-0.25, -0.2) is 14.2 Å². The number of aromatic carboxylic acids is 1. The lowest BCUT2D eigenvalue weighted by atomic mass is 10.3. The van der Waals surface area contributed by atoms with Gasteiger partial charge in [-0.1, -0.05) is 11.3 Å². The van der Waals surface area contributed by atoms with Gasteiger partial charge in [0.1, 0.15) is 10.7 Å². The molecule has 2 rings (SSSR count). The van der Waals surface area contributed by atoms with E-state index in [1.54, 1.807) is 6.07 Å². The van der Waals surface area contributed by atoms with Gasteiger partial charge in [0, 0.05) is 3.57 Å². The van der Waals surface area contributed by atoms with Crippen LogP contribution in [0.15, 0.2) is 24.4 Å². The van der Waals surface area contributed by atoms with E-state index in [-0.39, 0.29) is 10.7 Å². The van der Waals surface area contributed by atoms with Crippen LogP contribution in [-0.2, 0) is 0 Å². The summed E-state index contributed by atoms with van der Waals surface area (Å²) < 4.78 is 13.6. The van der Waals surface area contributed by atoms with E-state index in [2.05, 4.69) is 10.3 Å². The Labute approximate surface area is 114 Å². The number of nitrogens with zero attached hydrogens (tertiary/aromatic N) is 1. The van der Waals surface area contributed by atoms with E-state index in [0.29, 0.717) is 14.4 Å². The molecule has 0 bridgehead atoms. The van der Waals surface area contributed by atoms with Crippen LogP contribution in [0.5, 0.6) is 0 Å². The van der Waals surface area contributed by atoms with Crippen molar-refractivity contribution in [2.45, 2.75) is 0 Å². The van der Waals surface area contributed by atoms with Crippen molar-refractivity contribution in [3.63, 3.8) is 0 Å². The summed E-state index contributed by atoms with van der Waals surface area (Å²) in [5, 5.41) is 12.2. The molecule has 0 fully saturated rings. The van der Waals surface area contributed by atoms with Crippen LogP contribution in [0.2, 0.25) is 0 Å². The molecule has 2 aromatic rings. The minimum Gasteiger partial charge on any atom is -0.477 e. The topological polar surface area (TPSA) is 62.2 Å². The zero-order valence-electron chi connectivity index (χ0n) is 8.28. The molecule has 88 valence electrons. The number of thiazole rings is 1. The highest BCUT2D eigenvalue weighted by atomic mass is 127. The first-order valence-electron chi connectivity index (χ1n) is 4.47. The van der Waals surface area contributed by atoms with Crippen molar-refractivity contribution in [2.75, 3.05) is 5.32 Å². The lowest BCUT2D eigenvalue weighted by Gasteiger charge is -2.04. The second-order valence-electron chi connectivity index (χ2n) is 3.08. The second kappa shape index (κ2) is 4.96. The standard InChI is InChI=1S/C10H6FIN2O2S/c11-5-1-2-7(6(12)3-5)14-10-13-4-8(17-10)9(15)16/h1-4H,(H,13,14)(H,15,16). The van der Waals surface area contributed by atoms with Crippen molar-refractivity contribution in [3.05, 3.63) is 38.7 Å². The van der Waals surface area contributed by atoms with Gasteiger partial charge in [-0.3, -0.25) is 0 Å². The fraction of sp³-hybridized carbons (Fsp3) is 0. The Morgan fingerprint density at radius 3 is 2.88 bits per heavy atom. The average molecular weight is 364 g/mol. The largest absolute Gasteiger partial charge is 0.477 e.